The Bertz CT molecular complexity index is 1530. The Morgan fingerprint density at radius 2 is 1.70 bits per heavy atom. The second-order valence-corrected chi connectivity index (χ2v) is 8.74. The van der Waals surface area contributed by atoms with Crippen molar-refractivity contribution >= 4 is 69.3 Å². The summed E-state index contributed by atoms with van der Waals surface area (Å²) >= 11 is 12.7. The first kappa shape index (κ1) is 26.0. The molecule has 4 aromatic rings. The van der Waals surface area contributed by atoms with Crippen molar-refractivity contribution in [2.75, 3.05) is 19.0 Å². The molecule has 0 fully saturated rings. The summed E-state index contributed by atoms with van der Waals surface area (Å²) in [5.74, 6) is -1.57. The van der Waals surface area contributed by atoms with Gasteiger partial charge in [-0.1, -0.05) is 53.5 Å². The summed E-state index contributed by atoms with van der Waals surface area (Å²) < 4.78 is 10.2. The standard InChI is InChI=1S/C28H22Cl2N2O5/c1-3-37-28(35)25-21(24-22(30)13-18(29)14-23(24)32-25)15-20(27(34)36-2)17-10-7-11-19(12-17)31-26(33)16-8-5-4-6-9-16/h4-15,32H,3H2,1-2H3,(H,31,33)/b20-15+. The molecule has 3 aromatic carbocycles. The van der Waals surface area contributed by atoms with Crippen molar-refractivity contribution in [3.63, 3.8) is 0 Å². The third kappa shape index (κ3) is 5.69. The van der Waals surface area contributed by atoms with E-state index in [1.165, 1.54) is 13.2 Å². The Hall–Kier alpha value is -4.07. The summed E-state index contributed by atoms with van der Waals surface area (Å²) in [7, 11) is 1.26. The molecule has 4 rings (SSSR count). The van der Waals surface area contributed by atoms with Crippen LogP contribution in [0.5, 0.6) is 0 Å². The molecule has 0 atom stereocenters. The summed E-state index contributed by atoms with van der Waals surface area (Å²) in [4.78, 5) is 41.3. The summed E-state index contributed by atoms with van der Waals surface area (Å²) in [6, 6.07) is 18.7. The number of ether oxygens (including phenoxy) is 2. The molecule has 0 aliphatic heterocycles. The summed E-state index contributed by atoms with van der Waals surface area (Å²) in [5.41, 5.74) is 2.49. The number of benzene rings is 3. The number of hydrogen-bond donors (Lipinski definition) is 2. The molecule has 1 aromatic heterocycles. The maximum atomic E-state index is 12.9. The minimum absolute atomic E-state index is 0.107. The van der Waals surface area contributed by atoms with Crippen LogP contribution in [0.25, 0.3) is 22.6 Å². The van der Waals surface area contributed by atoms with Gasteiger partial charge in [-0.3, -0.25) is 4.79 Å². The number of carbonyl (C=O) groups is 3. The molecule has 0 radical (unpaired) electrons. The number of halogens is 2. The molecule has 188 valence electrons. The number of rotatable bonds is 7. The van der Waals surface area contributed by atoms with Crippen molar-refractivity contribution in [1.29, 1.82) is 0 Å². The van der Waals surface area contributed by atoms with E-state index in [-0.39, 0.29) is 28.8 Å². The number of aromatic nitrogens is 1. The van der Waals surface area contributed by atoms with E-state index in [4.69, 9.17) is 32.7 Å². The number of anilines is 1. The van der Waals surface area contributed by atoms with Gasteiger partial charge in [0.15, 0.2) is 0 Å². The molecular formula is C28H22Cl2N2O5. The topological polar surface area (TPSA) is 97.5 Å². The Balaban J connectivity index is 1.84. The maximum Gasteiger partial charge on any atom is 0.355 e. The smallest absolute Gasteiger partial charge is 0.355 e. The number of H-pyrrole nitrogens is 1. The van der Waals surface area contributed by atoms with Crippen molar-refractivity contribution in [1.82, 2.24) is 4.98 Å². The number of hydrogen-bond acceptors (Lipinski definition) is 5. The molecule has 0 bridgehead atoms. The molecular weight excluding hydrogens is 515 g/mol. The van der Waals surface area contributed by atoms with Gasteiger partial charge in [0, 0.05) is 32.7 Å². The van der Waals surface area contributed by atoms with Crippen LogP contribution >= 0.6 is 23.2 Å². The SMILES string of the molecule is CCOC(=O)c1[nH]c2cc(Cl)cc(Cl)c2c1/C=C(/C(=O)OC)c1cccc(NC(=O)c2ccccc2)c1. The third-order valence-corrected chi connectivity index (χ3v) is 6.01. The average Bonchev–Trinajstić information content (AvgIpc) is 3.26. The van der Waals surface area contributed by atoms with Gasteiger partial charge in [0.2, 0.25) is 0 Å². The number of esters is 2. The molecule has 1 amide bonds. The molecule has 2 N–H and O–H groups in total. The zero-order chi connectivity index (χ0) is 26.5. The normalized spacial score (nSPS) is 11.3. The Labute approximate surface area is 223 Å². The molecule has 0 spiro atoms. The van der Waals surface area contributed by atoms with Gasteiger partial charge in [0.25, 0.3) is 5.91 Å². The fourth-order valence-corrected chi connectivity index (χ4v) is 4.45. The van der Waals surface area contributed by atoms with E-state index in [2.05, 4.69) is 10.3 Å². The summed E-state index contributed by atoms with van der Waals surface area (Å²) in [6.45, 7) is 1.84. The van der Waals surface area contributed by atoms with E-state index >= 15 is 0 Å². The highest BCUT2D eigenvalue weighted by Crippen LogP contribution is 2.35. The lowest BCUT2D eigenvalue weighted by Crippen LogP contribution is -2.12. The quantitative estimate of drug-likeness (QED) is 0.204. The van der Waals surface area contributed by atoms with Crippen LogP contribution in [-0.4, -0.2) is 36.5 Å². The zero-order valence-electron chi connectivity index (χ0n) is 19.9. The monoisotopic (exact) mass is 536 g/mol. The van der Waals surface area contributed by atoms with Gasteiger partial charge in [-0.25, -0.2) is 9.59 Å². The Morgan fingerprint density at radius 3 is 2.41 bits per heavy atom. The van der Waals surface area contributed by atoms with Gasteiger partial charge in [-0.15, -0.1) is 0 Å². The lowest BCUT2D eigenvalue weighted by molar-refractivity contribution is -0.133. The molecule has 0 unspecified atom stereocenters. The van der Waals surface area contributed by atoms with Gasteiger partial charge in [0.1, 0.15) is 5.69 Å². The molecule has 0 saturated heterocycles. The number of fused-ring (bicyclic) bond motifs is 1. The van der Waals surface area contributed by atoms with E-state index in [1.807, 2.05) is 6.07 Å². The van der Waals surface area contributed by atoms with Crippen molar-refractivity contribution in [3.05, 3.63) is 99.2 Å². The Morgan fingerprint density at radius 1 is 0.973 bits per heavy atom. The second kappa shape index (κ2) is 11.3. The van der Waals surface area contributed by atoms with E-state index in [9.17, 15) is 14.4 Å². The fourth-order valence-electron chi connectivity index (χ4n) is 3.85. The number of aromatic amines is 1. The van der Waals surface area contributed by atoms with Gasteiger partial charge in [0.05, 0.1) is 24.3 Å². The zero-order valence-corrected chi connectivity index (χ0v) is 21.4. The van der Waals surface area contributed by atoms with E-state index in [1.54, 1.807) is 67.6 Å². The van der Waals surface area contributed by atoms with Gasteiger partial charge in [-0.2, -0.15) is 0 Å². The van der Waals surface area contributed by atoms with Crippen molar-refractivity contribution < 1.29 is 23.9 Å². The van der Waals surface area contributed by atoms with Gasteiger partial charge < -0.3 is 19.8 Å². The molecule has 0 aliphatic carbocycles. The van der Waals surface area contributed by atoms with Gasteiger partial charge in [-0.05, 0) is 55.0 Å². The highest BCUT2D eigenvalue weighted by atomic mass is 35.5. The molecule has 7 nitrogen and oxygen atoms in total. The third-order valence-electron chi connectivity index (χ3n) is 5.49. The number of amides is 1. The maximum absolute atomic E-state index is 12.9. The predicted molar refractivity (Wildman–Crippen MR) is 145 cm³/mol. The molecule has 1 heterocycles. The largest absolute Gasteiger partial charge is 0.465 e. The van der Waals surface area contributed by atoms with Gasteiger partial charge >= 0.3 is 11.9 Å². The van der Waals surface area contributed by atoms with Crippen molar-refractivity contribution in [2.24, 2.45) is 0 Å². The predicted octanol–water partition coefficient (Wildman–Crippen LogP) is 6.62. The molecule has 9 heteroatoms. The number of methoxy groups -OCH3 is 1. The molecule has 0 saturated carbocycles. The molecule has 0 aliphatic rings. The van der Waals surface area contributed by atoms with Crippen molar-refractivity contribution in [3.8, 4) is 0 Å². The fraction of sp³-hybridized carbons (Fsp3) is 0.107. The number of nitrogens with one attached hydrogen (secondary N) is 2. The van der Waals surface area contributed by atoms with Crippen molar-refractivity contribution in [2.45, 2.75) is 6.92 Å². The van der Waals surface area contributed by atoms with Crippen LogP contribution in [0.3, 0.4) is 0 Å². The van der Waals surface area contributed by atoms with E-state index < -0.39 is 11.9 Å². The minimum atomic E-state index is -0.652. The van der Waals surface area contributed by atoms with Crippen LogP contribution in [-0.2, 0) is 14.3 Å². The highest BCUT2D eigenvalue weighted by Gasteiger charge is 2.23. The second-order valence-electron chi connectivity index (χ2n) is 7.89. The molecule has 37 heavy (non-hydrogen) atoms. The van der Waals surface area contributed by atoms with Crippen LogP contribution in [0.15, 0.2) is 66.7 Å². The van der Waals surface area contributed by atoms with Crippen LogP contribution in [0.2, 0.25) is 10.0 Å². The lowest BCUT2D eigenvalue weighted by atomic mass is 10.00. The van der Waals surface area contributed by atoms with Crippen LogP contribution in [0, 0.1) is 0 Å². The summed E-state index contributed by atoms with van der Waals surface area (Å²) in [6.07, 6.45) is 1.51. The number of carbonyl (C=O) groups excluding carboxylic acids is 3. The first-order valence-corrected chi connectivity index (χ1v) is 12.0. The van der Waals surface area contributed by atoms with Crippen LogP contribution in [0.4, 0.5) is 5.69 Å². The summed E-state index contributed by atoms with van der Waals surface area (Å²) in [5, 5.41) is 3.98. The van der Waals surface area contributed by atoms with Crippen LogP contribution < -0.4 is 5.32 Å². The van der Waals surface area contributed by atoms with E-state index in [0.29, 0.717) is 38.3 Å². The average molecular weight is 537 g/mol. The minimum Gasteiger partial charge on any atom is -0.465 e. The van der Waals surface area contributed by atoms with E-state index in [0.717, 1.165) is 0 Å². The first-order valence-electron chi connectivity index (χ1n) is 11.3. The lowest BCUT2D eigenvalue weighted by Gasteiger charge is -2.10. The highest BCUT2D eigenvalue weighted by molar-refractivity contribution is 6.39. The van der Waals surface area contributed by atoms with Crippen LogP contribution in [0.1, 0.15) is 38.9 Å². The Kier molecular flexibility index (Phi) is 7.96. The first-order chi connectivity index (χ1) is 17.8.